The van der Waals surface area contributed by atoms with E-state index in [9.17, 15) is 0 Å². The van der Waals surface area contributed by atoms with Gasteiger partial charge in [0.1, 0.15) is 0 Å². The third-order valence-electron chi connectivity index (χ3n) is 3.41. The predicted molar refractivity (Wildman–Crippen MR) is 82.1 cm³/mol. The van der Waals surface area contributed by atoms with Gasteiger partial charge in [0.2, 0.25) is 0 Å². The van der Waals surface area contributed by atoms with Crippen LogP contribution < -0.4 is 5.32 Å². The molecule has 3 heteroatoms. The van der Waals surface area contributed by atoms with Crippen LogP contribution in [0.3, 0.4) is 0 Å². The van der Waals surface area contributed by atoms with E-state index in [-0.39, 0.29) is 0 Å². The molecule has 0 amide bonds. The van der Waals surface area contributed by atoms with Crippen molar-refractivity contribution in [2.75, 3.05) is 19.6 Å². The monoisotopic (exact) mass is 263 g/mol. The molecular weight excluding hydrogens is 234 g/mol. The van der Waals surface area contributed by atoms with E-state index in [0.29, 0.717) is 6.04 Å². The van der Waals surface area contributed by atoms with Crippen LogP contribution in [-0.4, -0.2) is 35.6 Å². The summed E-state index contributed by atoms with van der Waals surface area (Å²) in [6, 6.07) is 6.72. The van der Waals surface area contributed by atoms with Gasteiger partial charge in [-0.15, -0.1) is 0 Å². The molecule has 3 nitrogen and oxygen atoms in total. The molecule has 0 fully saturated rings. The highest BCUT2D eigenvalue weighted by Crippen LogP contribution is 2.08. The maximum atomic E-state index is 4.41. The smallest absolute Gasteiger partial charge is 0.0544 e. The molecule has 0 aliphatic carbocycles. The molecule has 1 rings (SSSR count). The summed E-state index contributed by atoms with van der Waals surface area (Å²) < 4.78 is 0. The van der Waals surface area contributed by atoms with Crippen LogP contribution in [-0.2, 0) is 6.54 Å². The molecule has 1 aromatic heterocycles. The molecule has 1 aromatic rings. The van der Waals surface area contributed by atoms with Crippen LogP contribution in [0, 0.1) is 5.92 Å². The van der Waals surface area contributed by atoms with E-state index in [4.69, 9.17) is 0 Å². The van der Waals surface area contributed by atoms with Gasteiger partial charge in [0.05, 0.1) is 5.69 Å². The largest absolute Gasteiger partial charge is 0.316 e. The molecule has 0 spiro atoms. The summed E-state index contributed by atoms with van der Waals surface area (Å²) in [5.74, 6) is 0.728. The van der Waals surface area contributed by atoms with Crippen LogP contribution in [0.5, 0.6) is 0 Å². The number of aromatic nitrogens is 1. The first-order chi connectivity index (χ1) is 9.13. The Labute approximate surface area is 118 Å². The number of hydrogen-bond acceptors (Lipinski definition) is 3. The lowest BCUT2D eigenvalue weighted by atomic mass is 10.1. The van der Waals surface area contributed by atoms with Crippen molar-refractivity contribution in [1.29, 1.82) is 0 Å². The number of nitrogens with one attached hydrogen (secondary N) is 1. The lowest BCUT2D eigenvalue weighted by Gasteiger charge is -2.27. The van der Waals surface area contributed by atoms with Crippen LogP contribution in [0.2, 0.25) is 0 Å². The molecule has 0 saturated carbocycles. The Morgan fingerprint density at radius 2 is 2.05 bits per heavy atom. The molecule has 0 bridgehead atoms. The number of nitrogens with zero attached hydrogens (tertiary/aromatic N) is 2. The van der Waals surface area contributed by atoms with Gasteiger partial charge in [-0.2, -0.15) is 0 Å². The Hall–Kier alpha value is -0.930. The minimum Gasteiger partial charge on any atom is -0.316 e. The number of rotatable bonds is 9. The van der Waals surface area contributed by atoms with Gasteiger partial charge in [0.25, 0.3) is 0 Å². The third-order valence-corrected chi connectivity index (χ3v) is 3.41. The molecule has 0 aliphatic rings. The van der Waals surface area contributed by atoms with Crippen molar-refractivity contribution in [2.45, 2.75) is 46.7 Å². The SMILES string of the molecule is CCN(Cc1ccccn1)C(C)CCNCC(C)C. The molecule has 0 radical (unpaired) electrons. The zero-order valence-corrected chi connectivity index (χ0v) is 12.9. The fourth-order valence-corrected chi connectivity index (χ4v) is 2.16. The summed E-state index contributed by atoms with van der Waals surface area (Å²) in [4.78, 5) is 6.90. The van der Waals surface area contributed by atoms with Crippen LogP contribution >= 0.6 is 0 Å². The summed E-state index contributed by atoms with van der Waals surface area (Å²) in [7, 11) is 0. The lowest BCUT2D eigenvalue weighted by Crippen LogP contribution is -2.35. The summed E-state index contributed by atoms with van der Waals surface area (Å²) in [5.41, 5.74) is 1.16. The van der Waals surface area contributed by atoms with E-state index in [1.807, 2.05) is 12.3 Å². The van der Waals surface area contributed by atoms with Crippen LogP contribution in [0.4, 0.5) is 0 Å². The Morgan fingerprint density at radius 3 is 2.63 bits per heavy atom. The molecular formula is C16H29N3. The number of hydrogen-bond donors (Lipinski definition) is 1. The van der Waals surface area contributed by atoms with Crippen molar-refractivity contribution in [3.8, 4) is 0 Å². The average Bonchev–Trinajstić information content (AvgIpc) is 2.41. The van der Waals surface area contributed by atoms with Gasteiger partial charge in [-0.25, -0.2) is 0 Å². The highest BCUT2D eigenvalue weighted by molar-refractivity contribution is 5.03. The first kappa shape index (κ1) is 16.1. The van der Waals surface area contributed by atoms with Gasteiger partial charge in [-0.05, 0) is 51.0 Å². The van der Waals surface area contributed by atoms with Gasteiger partial charge in [-0.1, -0.05) is 26.8 Å². The van der Waals surface area contributed by atoms with Gasteiger partial charge < -0.3 is 5.32 Å². The normalized spacial score (nSPS) is 13.2. The summed E-state index contributed by atoms with van der Waals surface area (Å²) >= 11 is 0. The molecule has 1 heterocycles. The van der Waals surface area contributed by atoms with E-state index in [0.717, 1.165) is 37.8 Å². The van der Waals surface area contributed by atoms with Gasteiger partial charge in [0, 0.05) is 18.8 Å². The molecule has 0 aliphatic heterocycles. The summed E-state index contributed by atoms with van der Waals surface area (Å²) in [6.45, 7) is 13.2. The molecule has 0 saturated heterocycles. The zero-order valence-electron chi connectivity index (χ0n) is 12.9. The minimum absolute atomic E-state index is 0.590. The van der Waals surface area contributed by atoms with E-state index in [1.165, 1.54) is 6.42 Å². The van der Waals surface area contributed by atoms with E-state index in [1.54, 1.807) is 0 Å². The quantitative estimate of drug-likeness (QED) is 0.694. The van der Waals surface area contributed by atoms with Crippen molar-refractivity contribution in [2.24, 2.45) is 5.92 Å². The van der Waals surface area contributed by atoms with Gasteiger partial charge in [-0.3, -0.25) is 9.88 Å². The minimum atomic E-state index is 0.590. The molecule has 1 N–H and O–H groups in total. The Bertz CT molecular complexity index is 324. The molecule has 1 atom stereocenters. The third kappa shape index (κ3) is 6.69. The average molecular weight is 263 g/mol. The van der Waals surface area contributed by atoms with Crippen molar-refractivity contribution in [3.05, 3.63) is 30.1 Å². The van der Waals surface area contributed by atoms with Crippen molar-refractivity contribution in [3.63, 3.8) is 0 Å². The molecule has 0 aromatic carbocycles. The summed E-state index contributed by atoms with van der Waals surface area (Å²) in [5, 5.41) is 3.52. The fraction of sp³-hybridized carbons (Fsp3) is 0.688. The Balaban J connectivity index is 2.33. The second-order valence-electron chi connectivity index (χ2n) is 5.62. The van der Waals surface area contributed by atoms with Crippen LogP contribution in [0.25, 0.3) is 0 Å². The number of pyridine rings is 1. The first-order valence-electron chi connectivity index (χ1n) is 7.48. The first-order valence-corrected chi connectivity index (χ1v) is 7.48. The second kappa shape index (κ2) is 9.05. The van der Waals surface area contributed by atoms with Crippen molar-refractivity contribution in [1.82, 2.24) is 15.2 Å². The highest BCUT2D eigenvalue weighted by Gasteiger charge is 2.12. The van der Waals surface area contributed by atoms with E-state index in [2.05, 4.69) is 55.0 Å². The van der Waals surface area contributed by atoms with Crippen LogP contribution in [0.1, 0.15) is 39.8 Å². The molecule has 1 unspecified atom stereocenters. The van der Waals surface area contributed by atoms with E-state index >= 15 is 0 Å². The van der Waals surface area contributed by atoms with Crippen molar-refractivity contribution < 1.29 is 0 Å². The fourth-order valence-electron chi connectivity index (χ4n) is 2.16. The zero-order chi connectivity index (χ0) is 14.1. The Kier molecular flexibility index (Phi) is 7.68. The maximum Gasteiger partial charge on any atom is 0.0544 e. The lowest BCUT2D eigenvalue weighted by molar-refractivity contribution is 0.198. The van der Waals surface area contributed by atoms with Crippen molar-refractivity contribution >= 4 is 0 Å². The topological polar surface area (TPSA) is 28.2 Å². The summed E-state index contributed by atoms with van der Waals surface area (Å²) in [6.07, 6.45) is 3.06. The predicted octanol–water partition coefficient (Wildman–Crippen LogP) is 2.93. The van der Waals surface area contributed by atoms with E-state index < -0.39 is 0 Å². The van der Waals surface area contributed by atoms with Gasteiger partial charge in [0.15, 0.2) is 0 Å². The Morgan fingerprint density at radius 1 is 1.26 bits per heavy atom. The second-order valence-corrected chi connectivity index (χ2v) is 5.62. The van der Waals surface area contributed by atoms with Gasteiger partial charge >= 0.3 is 0 Å². The highest BCUT2D eigenvalue weighted by atomic mass is 15.2. The molecule has 19 heavy (non-hydrogen) atoms. The standard InChI is InChI=1S/C16H29N3/c1-5-19(13-16-8-6-7-10-18-16)15(4)9-11-17-12-14(2)3/h6-8,10,14-15,17H,5,9,11-13H2,1-4H3. The maximum absolute atomic E-state index is 4.41. The van der Waals surface area contributed by atoms with Crippen LogP contribution in [0.15, 0.2) is 24.4 Å². The molecule has 108 valence electrons.